The van der Waals surface area contributed by atoms with Crippen LogP contribution in [0.2, 0.25) is 0 Å². The topological polar surface area (TPSA) is 49.6 Å². The van der Waals surface area contributed by atoms with Gasteiger partial charge in [-0.3, -0.25) is 4.79 Å². The van der Waals surface area contributed by atoms with Crippen LogP contribution >= 0.6 is 0 Å². The van der Waals surface area contributed by atoms with Crippen molar-refractivity contribution in [3.63, 3.8) is 0 Å². The van der Waals surface area contributed by atoms with Crippen molar-refractivity contribution in [3.05, 3.63) is 29.3 Å². The van der Waals surface area contributed by atoms with E-state index in [4.69, 9.17) is 5.73 Å². The van der Waals surface area contributed by atoms with Crippen LogP contribution in [0, 0.1) is 13.8 Å². The van der Waals surface area contributed by atoms with Crippen molar-refractivity contribution in [3.8, 4) is 0 Å². The SMILES string of the molecule is CCC(N)CC(=O)N1CCN(c2cccc(C)c2C)CC1. The molecular weight excluding hydrogens is 262 g/mol. The second-order valence-electron chi connectivity index (χ2n) is 5.96. The number of nitrogens with zero attached hydrogens (tertiary/aromatic N) is 2. The Morgan fingerprint density at radius 3 is 2.52 bits per heavy atom. The number of piperazine rings is 1. The van der Waals surface area contributed by atoms with Crippen LogP contribution in [0.4, 0.5) is 5.69 Å². The summed E-state index contributed by atoms with van der Waals surface area (Å²) in [6, 6.07) is 6.42. The lowest BCUT2D eigenvalue weighted by molar-refractivity contribution is -0.131. The van der Waals surface area contributed by atoms with Gasteiger partial charge in [0, 0.05) is 44.3 Å². The number of rotatable bonds is 4. The Labute approximate surface area is 127 Å². The van der Waals surface area contributed by atoms with E-state index in [0.29, 0.717) is 6.42 Å². The molecule has 0 radical (unpaired) electrons. The number of hydrogen-bond acceptors (Lipinski definition) is 3. The first-order chi connectivity index (χ1) is 10.0. The fraction of sp³-hybridized carbons (Fsp3) is 0.588. The van der Waals surface area contributed by atoms with Crippen LogP contribution in [-0.4, -0.2) is 43.0 Å². The van der Waals surface area contributed by atoms with E-state index in [1.807, 2.05) is 11.8 Å². The highest BCUT2D eigenvalue weighted by Gasteiger charge is 2.23. The fourth-order valence-corrected chi connectivity index (χ4v) is 2.77. The lowest BCUT2D eigenvalue weighted by Crippen LogP contribution is -2.49. The number of benzene rings is 1. The van der Waals surface area contributed by atoms with Gasteiger partial charge < -0.3 is 15.5 Å². The summed E-state index contributed by atoms with van der Waals surface area (Å²) in [6.45, 7) is 9.73. The van der Waals surface area contributed by atoms with E-state index in [-0.39, 0.29) is 11.9 Å². The fourth-order valence-electron chi connectivity index (χ4n) is 2.77. The van der Waals surface area contributed by atoms with Gasteiger partial charge in [0.05, 0.1) is 0 Å². The third kappa shape index (κ3) is 3.76. The quantitative estimate of drug-likeness (QED) is 0.923. The first-order valence-corrected chi connectivity index (χ1v) is 7.87. The van der Waals surface area contributed by atoms with E-state index in [9.17, 15) is 4.79 Å². The predicted molar refractivity (Wildman–Crippen MR) is 87.6 cm³/mol. The average molecular weight is 289 g/mol. The van der Waals surface area contributed by atoms with Crippen LogP contribution in [0.3, 0.4) is 0 Å². The third-order valence-corrected chi connectivity index (χ3v) is 4.51. The lowest BCUT2D eigenvalue weighted by Gasteiger charge is -2.37. The van der Waals surface area contributed by atoms with Crippen molar-refractivity contribution < 1.29 is 4.79 Å². The molecule has 0 spiro atoms. The molecule has 1 saturated heterocycles. The first kappa shape index (κ1) is 15.8. The van der Waals surface area contributed by atoms with Crippen molar-refractivity contribution in [2.24, 2.45) is 5.73 Å². The second kappa shape index (κ2) is 6.94. The maximum absolute atomic E-state index is 12.2. The minimum atomic E-state index is -0.00505. The average Bonchev–Trinajstić information content (AvgIpc) is 2.50. The molecule has 1 heterocycles. The Balaban J connectivity index is 1.94. The van der Waals surface area contributed by atoms with Crippen LogP contribution in [0.15, 0.2) is 18.2 Å². The molecule has 2 N–H and O–H groups in total. The minimum absolute atomic E-state index is 0.00505. The summed E-state index contributed by atoms with van der Waals surface area (Å²) in [5, 5.41) is 0. The zero-order valence-corrected chi connectivity index (χ0v) is 13.4. The smallest absolute Gasteiger partial charge is 0.224 e. The van der Waals surface area contributed by atoms with Crippen molar-refractivity contribution in [2.45, 2.75) is 39.7 Å². The molecule has 1 fully saturated rings. The molecule has 4 nitrogen and oxygen atoms in total. The zero-order valence-electron chi connectivity index (χ0n) is 13.4. The first-order valence-electron chi connectivity index (χ1n) is 7.87. The van der Waals surface area contributed by atoms with Crippen molar-refractivity contribution in [1.29, 1.82) is 0 Å². The normalized spacial score (nSPS) is 17.0. The van der Waals surface area contributed by atoms with Crippen LogP contribution in [0.5, 0.6) is 0 Å². The Bertz CT molecular complexity index is 493. The molecule has 1 aliphatic rings. The molecule has 1 aliphatic heterocycles. The highest BCUT2D eigenvalue weighted by Crippen LogP contribution is 2.24. The van der Waals surface area contributed by atoms with Gasteiger partial charge in [-0.2, -0.15) is 0 Å². The maximum atomic E-state index is 12.2. The van der Waals surface area contributed by atoms with Gasteiger partial charge in [0.25, 0.3) is 0 Å². The molecule has 0 aromatic heterocycles. The Morgan fingerprint density at radius 1 is 1.24 bits per heavy atom. The monoisotopic (exact) mass is 289 g/mol. The van der Waals surface area contributed by atoms with Crippen LogP contribution in [0.1, 0.15) is 30.9 Å². The molecule has 1 atom stereocenters. The summed E-state index contributed by atoms with van der Waals surface area (Å²) < 4.78 is 0. The molecule has 116 valence electrons. The lowest BCUT2D eigenvalue weighted by atomic mass is 10.1. The molecule has 21 heavy (non-hydrogen) atoms. The number of aryl methyl sites for hydroxylation is 1. The van der Waals surface area contributed by atoms with Gasteiger partial charge in [0.2, 0.25) is 5.91 Å². The second-order valence-corrected chi connectivity index (χ2v) is 5.96. The molecule has 1 aromatic carbocycles. The molecule has 0 bridgehead atoms. The summed E-state index contributed by atoms with van der Waals surface area (Å²) in [4.78, 5) is 16.5. The summed E-state index contributed by atoms with van der Waals surface area (Å²) in [5.41, 5.74) is 9.83. The van der Waals surface area contributed by atoms with Gasteiger partial charge in [-0.25, -0.2) is 0 Å². The highest BCUT2D eigenvalue weighted by molar-refractivity contribution is 5.77. The largest absolute Gasteiger partial charge is 0.368 e. The summed E-state index contributed by atoms with van der Waals surface area (Å²) in [7, 11) is 0. The predicted octanol–water partition coefficient (Wildman–Crippen LogP) is 2.08. The van der Waals surface area contributed by atoms with Crippen molar-refractivity contribution in [1.82, 2.24) is 4.90 Å². The van der Waals surface area contributed by atoms with E-state index in [2.05, 4.69) is 36.9 Å². The molecule has 1 aromatic rings. The zero-order chi connectivity index (χ0) is 15.4. The van der Waals surface area contributed by atoms with Crippen LogP contribution < -0.4 is 10.6 Å². The number of amides is 1. The van der Waals surface area contributed by atoms with E-state index in [1.54, 1.807) is 0 Å². The van der Waals surface area contributed by atoms with Crippen LogP contribution in [0.25, 0.3) is 0 Å². The van der Waals surface area contributed by atoms with E-state index >= 15 is 0 Å². The molecule has 1 unspecified atom stereocenters. The van der Waals surface area contributed by atoms with E-state index < -0.39 is 0 Å². The summed E-state index contributed by atoms with van der Waals surface area (Å²) in [6.07, 6.45) is 1.33. The number of nitrogens with two attached hydrogens (primary N) is 1. The number of anilines is 1. The number of carbonyl (C=O) groups is 1. The Hall–Kier alpha value is -1.55. The van der Waals surface area contributed by atoms with Crippen LogP contribution in [-0.2, 0) is 4.79 Å². The van der Waals surface area contributed by atoms with Gasteiger partial charge in [0.15, 0.2) is 0 Å². The number of carbonyl (C=O) groups excluding carboxylic acids is 1. The van der Waals surface area contributed by atoms with Gasteiger partial charge in [-0.05, 0) is 37.5 Å². The van der Waals surface area contributed by atoms with Gasteiger partial charge >= 0.3 is 0 Å². The minimum Gasteiger partial charge on any atom is -0.368 e. The summed E-state index contributed by atoms with van der Waals surface area (Å²) in [5.74, 6) is 0.199. The molecule has 4 heteroatoms. The molecule has 2 rings (SSSR count). The maximum Gasteiger partial charge on any atom is 0.224 e. The van der Waals surface area contributed by atoms with Gasteiger partial charge in [-0.15, -0.1) is 0 Å². The Morgan fingerprint density at radius 2 is 1.90 bits per heavy atom. The number of hydrogen-bond donors (Lipinski definition) is 1. The van der Waals surface area contributed by atoms with Gasteiger partial charge in [0.1, 0.15) is 0 Å². The van der Waals surface area contributed by atoms with Crippen molar-refractivity contribution >= 4 is 11.6 Å². The van der Waals surface area contributed by atoms with Crippen molar-refractivity contribution in [2.75, 3.05) is 31.1 Å². The third-order valence-electron chi connectivity index (χ3n) is 4.51. The van der Waals surface area contributed by atoms with Gasteiger partial charge in [-0.1, -0.05) is 19.1 Å². The summed E-state index contributed by atoms with van der Waals surface area (Å²) >= 11 is 0. The molecule has 0 aliphatic carbocycles. The van der Waals surface area contributed by atoms with E-state index in [1.165, 1.54) is 16.8 Å². The standard InChI is InChI=1S/C17H27N3O/c1-4-15(18)12-17(21)20-10-8-19(9-11-20)16-7-5-6-13(2)14(16)3/h5-7,15H,4,8-12,18H2,1-3H3. The molecule has 1 amide bonds. The highest BCUT2D eigenvalue weighted by atomic mass is 16.2. The Kier molecular flexibility index (Phi) is 5.23. The molecular formula is C17H27N3O. The molecule has 0 saturated carbocycles. The van der Waals surface area contributed by atoms with E-state index in [0.717, 1.165) is 32.6 Å².